The Morgan fingerprint density at radius 2 is 0.769 bits per heavy atom. The van der Waals surface area contributed by atoms with E-state index >= 15 is 0 Å². The Balaban J connectivity index is 0.000000206. The molecule has 61 valence electrons. The molecular weight excluding hydrogens is 154 g/mol. The van der Waals surface area contributed by atoms with E-state index in [4.69, 9.17) is 0 Å². The molecule has 0 nitrogen and oxygen atoms in total. The van der Waals surface area contributed by atoms with Crippen LogP contribution in [-0.2, 0) is 0 Å². The summed E-state index contributed by atoms with van der Waals surface area (Å²) in [6, 6.07) is 18.0. The van der Waals surface area contributed by atoms with E-state index in [1.54, 1.807) is 0 Å². The predicted molar refractivity (Wildman–Crippen MR) is 60.0 cm³/mol. The molecule has 0 bridgehead atoms. The van der Waals surface area contributed by atoms with Crippen LogP contribution in [-0.4, -0.2) is 15.3 Å². The molecule has 1 aromatic heterocycles. The van der Waals surface area contributed by atoms with E-state index in [1.807, 2.05) is 73.4 Å². The number of hydrogen-bond donors (Lipinski definition) is 0. The van der Waals surface area contributed by atoms with Crippen LogP contribution in [0.25, 0.3) is 0 Å². The molecule has 2 aromatic rings. The van der Waals surface area contributed by atoms with Gasteiger partial charge in [0.05, 0.1) is 0 Å². The molecule has 0 spiro atoms. The Morgan fingerprint density at radius 3 is 0.923 bits per heavy atom. The number of rotatable bonds is 0. The van der Waals surface area contributed by atoms with E-state index in [9.17, 15) is 0 Å². The Labute approximate surface area is 82.4 Å². The first-order valence-electron chi connectivity index (χ1n) is 4.00. The van der Waals surface area contributed by atoms with Gasteiger partial charge >= 0.3 is 37.0 Å². The minimum absolute atomic E-state index is 0. The van der Waals surface area contributed by atoms with Crippen LogP contribution in [0.4, 0.5) is 0 Å². The van der Waals surface area contributed by atoms with Gasteiger partial charge in [-0.1, -0.05) is 36.4 Å². The first kappa shape index (κ1) is 11.7. The first-order valence-corrected chi connectivity index (χ1v) is 4.00. The second kappa shape index (κ2) is 8.79. The largest absolute Gasteiger partial charge is 0.0623 e. The minimum Gasteiger partial charge on any atom is -0.0623 e. The smallest absolute Gasteiger partial charge is 0.0623 e. The average molecular weight is 165 g/mol. The van der Waals surface area contributed by atoms with Crippen molar-refractivity contribution in [2.24, 2.45) is 0 Å². The second-order valence-corrected chi connectivity index (χ2v) is 2.31. The average Bonchev–Trinajstić information content (AvgIpc) is 2.24. The molecule has 0 aliphatic heterocycles. The van der Waals surface area contributed by atoms with Gasteiger partial charge < -0.3 is 0 Å². The summed E-state index contributed by atoms with van der Waals surface area (Å²) >= 11 is 0. The van der Waals surface area contributed by atoms with Crippen molar-refractivity contribution in [1.82, 2.24) is 0 Å². The fourth-order valence-corrected chi connectivity index (χ4v) is 0.770. The summed E-state index contributed by atoms with van der Waals surface area (Å²) in [5.74, 6) is 4.00. The molecular formula is C11H11B2. The van der Waals surface area contributed by atoms with Crippen LogP contribution in [0, 0.1) is 0 Å². The Hall–Kier alpha value is -1.30. The van der Waals surface area contributed by atoms with Crippen molar-refractivity contribution >= 4 is 15.3 Å². The molecule has 0 unspecified atom stereocenters. The summed E-state index contributed by atoms with van der Waals surface area (Å²) in [5.41, 5.74) is 0. The summed E-state index contributed by atoms with van der Waals surface area (Å²) < 4.78 is 0. The van der Waals surface area contributed by atoms with Gasteiger partial charge in [0.25, 0.3) is 0 Å². The Bertz CT molecular complexity index is 183. The van der Waals surface area contributed by atoms with E-state index in [1.165, 1.54) is 0 Å². The van der Waals surface area contributed by atoms with Crippen molar-refractivity contribution in [2.45, 2.75) is 0 Å². The molecule has 13 heavy (non-hydrogen) atoms. The summed E-state index contributed by atoms with van der Waals surface area (Å²) in [6.07, 6.45) is 0. The van der Waals surface area contributed by atoms with Crippen LogP contribution >= 0.6 is 0 Å². The zero-order chi connectivity index (χ0) is 8.49. The van der Waals surface area contributed by atoms with Gasteiger partial charge in [-0.05, 0) is 0 Å². The van der Waals surface area contributed by atoms with Gasteiger partial charge in [0.15, 0.2) is 0 Å². The van der Waals surface area contributed by atoms with Crippen molar-refractivity contribution < 1.29 is 0 Å². The fourth-order valence-electron chi connectivity index (χ4n) is 0.770. The molecule has 1 heterocycles. The van der Waals surface area contributed by atoms with Crippen molar-refractivity contribution in [1.29, 1.82) is 0 Å². The summed E-state index contributed by atoms with van der Waals surface area (Å²) in [4.78, 5) is 0. The van der Waals surface area contributed by atoms with Crippen molar-refractivity contribution in [3.63, 3.8) is 0 Å². The van der Waals surface area contributed by atoms with E-state index < -0.39 is 0 Å². The molecule has 2 heteroatoms. The zero-order valence-corrected chi connectivity index (χ0v) is 7.51. The molecule has 3 radical (unpaired) electrons. The third-order valence-corrected chi connectivity index (χ3v) is 1.33. The first-order chi connectivity index (χ1) is 6.00. The molecule has 0 N–H and O–H groups in total. The third kappa shape index (κ3) is 7.07. The van der Waals surface area contributed by atoms with Crippen LogP contribution in [0.1, 0.15) is 0 Å². The molecule has 0 aliphatic carbocycles. The van der Waals surface area contributed by atoms with Gasteiger partial charge in [-0.25, -0.2) is 0 Å². The van der Waals surface area contributed by atoms with E-state index in [0.29, 0.717) is 0 Å². The summed E-state index contributed by atoms with van der Waals surface area (Å²) in [7, 11) is 0. The van der Waals surface area contributed by atoms with Gasteiger partial charge in [-0.3, -0.25) is 0 Å². The van der Waals surface area contributed by atoms with Crippen molar-refractivity contribution in [3.05, 3.63) is 66.5 Å². The van der Waals surface area contributed by atoms with Crippen LogP contribution in [0.3, 0.4) is 0 Å². The van der Waals surface area contributed by atoms with Crippen LogP contribution < -0.4 is 0 Å². The van der Waals surface area contributed by atoms with Crippen molar-refractivity contribution in [2.75, 3.05) is 0 Å². The van der Waals surface area contributed by atoms with Gasteiger partial charge in [0.2, 0.25) is 0 Å². The van der Waals surface area contributed by atoms with Crippen LogP contribution in [0.5, 0.6) is 0 Å². The second-order valence-electron chi connectivity index (χ2n) is 2.31. The monoisotopic (exact) mass is 165 g/mol. The minimum atomic E-state index is 0. The maximum atomic E-state index is 2.00. The third-order valence-electron chi connectivity index (χ3n) is 1.33. The summed E-state index contributed by atoms with van der Waals surface area (Å²) in [5, 5.41) is 0. The predicted octanol–water partition coefficient (Wildman–Crippen LogP) is 2.33. The molecule has 0 amide bonds. The van der Waals surface area contributed by atoms with Crippen LogP contribution in [0.15, 0.2) is 66.5 Å². The SMILES string of the molecule is [B].b1ccccc1.c1ccccc1. The Morgan fingerprint density at radius 1 is 0.462 bits per heavy atom. The fraction of sp³-hybridized carbons (Fsp3) is 0. The molecule has 1 aromatic carbocycles. The maximum absolute atomic E-state index is 2.00. The maximum Gasteiger partial charge on any atom is -0.0623 e. The van der Waals surface area contributed by atoms with Gasteiger partial charge in [0.1, 0.15) is 0 Å². The molecule has 0 saturated carbocycles. The number of benzene rings is 1. The van der Waals surface area contributed by atoms with Gasteiger partial charge in [-0.2, -0.15) is 0 Å². The quantitative estimate of drug-likeness (QED) is 0.525. The normalized spacial score (nSPS) is 7.08. The van der Waals surface area contributed by atoms with E-state index in [-0.39, 0.29) is 8.41 Å². The molecule has 0 saturated heterocycles. The van der Waals surface area contributed by atoms with Gasteiger partial charge in [0, 0.05) is 8.41 Å². The molecule has 0 aliphatic rings. The topological polar surface area (TPSA) is 0 Å². The standard InChI is InChI=1S/C6H6.C5H5B.B/c2*1-2-4-6-5-3-1;/h1-6H;1-5H;. The van der Waals surface area contributed by atoms with E-state index in [2.05, 4.69) is 0 Å². The molecule has 0 fully saturated rings. The molecule has 2 rings (SSSR count). The van der Waals surface area contributed by atoms with E-state index in [0.717, 1.165) is 0 Å². The zero-order valence-electron chi connectivity index (χ0n) is 7.51. The van der Waals surface area contributed by atoms with Crippen molar-refractivity contribution in [3.8, 4) is 0 Å². The van der Waals surface area contributed by atoms with Gasteiger partial charge in [-0.15, -0.1) is 0 Å². The Kier molecular flexibility index (Phi) is 7.91. The number of hydrogen-bond acceptors (Lipinski definition) is 0. The van der Waals surface area contributed by atoms with Crippen LogP contribution in [0.2, 0.25) is 0 Å². The molecule has 0 atom stereocenters. The summed E-state index contributed by atoms with van der Waals surface area (Å²) in [6.45, 7) is 2.00.